The maximum atomic E-state index is 12.6. The van der Waals surface area contributed by atoms with Gasteiger partial charge in [-0.1, -0.05) is 23.7 Å². The molecule has 0 N–H and O–H groups in total. The van der Waals surface area contributed by atoms with E-state index in [-0.39, 0.29) is 11.8 Å². The van der Waals surface area contributed by atoms with Crippen molar-refractivity contribution < 1.29 is 4.79 Å². The molecule has 0 radical (unpaired) electrons. The maximum absolute atomic E-state index is 12.6. The standard InChI is InChI=1S/C14H19ClN2O/c1-16-8-5-9-17(2)13(10-16)14(18)11-6-3-4-7-12(11)15/h3-4,6-7,13H,5,8-10H2,1-2H3. The van der Waals surface area contributed by atoms with E-state index in [4.69, 9.17) is 11.6 Å². The average Bonchev–Trinajstić information content (AvgIpc) is 2.51. The molecule has 1 heterocycles. The van der Waals surface area contributed by atoms with Crippen LogP contribution >= 0.6 is 11.6 Å². The lowest BCUT2D eigenvalue weighted by Crippen LogP contribution is -2.43. The van der Waals surface area contributed by atoms with Gasteiger partial charge in [0.15, 0.2) is 5.78 Å². The van der Waals surface area contributed by atoms with E-state index in [2.05, 4.69) is 16.8 Å². The molecule has 0 saturated carbocycles. The molecule has 1 saturated heterocycles. The van der Waals surface area contributed by atoms with E-state index >= 15 is 0 Å². The van der Waals surface area contributed by atoms with Gasteiger partial charge in [-0.15, -0.1) is 0 Å². The number of nitrogens with zero attached hydrogens (tertiary/aromatic N) is 2. The molecule has 4 heteroatoms. The third-order valence-electron chi connectivity index (χ3n) is 3.51. The smallest absolute Gasteiger partial charge is 0.182 e. The minimum atomic E-state index is -0.0996. The Hall–Kier alpha value is -0.900. The van der Waals surface area contributed by atoms with Crippen LogP contribution in [0.3, 0.4) is 0 Å². The normalized spacial score (nSPS) is 22.7. The fourth-order valence-corrected chi connectivity index (χ4v) is 2.62. The second kappa shape index (κ2) is 5.83. The van der Waals surface area contributed by atoms with Crippen molar-refractivity contribution in [3.63, 3.8) is 0 Å². The van der Waals surface area contributed by atoms with Crippen molar-refractivity contribution in [1.82, 2.24) is 9.80 Å². The predicted octanol–water partition coefficient (Wildman–Crippen LogP) is 2.16. The van der Waals surface area contributed by atoms with E-state index in [0.717, 1.165) is 26.1 Å². The highest BCUT2D eigenvalue weighted by Crippen LogP contribution is 2.19. The molecule has 0 bridgehead atoms. The lowest BCUT2D eigenvalue weighted by molar-refractivity contribution is 0.0839. The highest BCUT2D eigenvalue weighted by molar-refractivity contribution is 6.34. The topological polar surface area (TPSA) is 23.6 Å². The van der Waals surface area contributed by atoms with E-state index in [1.54, 1.807) is 6.07 Å². The zero-order valence-corrected chi connectivity index (χ0v) is 11.7. The number of likely N-dealkylation sites (N-methyl/N-ethyl adjacent to an activating group) is 2. The number of ketones is 1. The minimum absolute atomic E-state index is 0.0996. The molecule has 0 aliphatic carbocycles. The van der Waals surface area contributed by atoms with E-state index in [0.29, 0.717) is 10.6 Å². The Morgan fingerprint density at radius 2 is 2.00 bits per heavy atom. The highest BCUT2D eigenvalue weighted by atomic mass is 35.5. The Morgan fingerprint density at radius 1 is 1.28 bits per heavy atom. The van der Waals surface area contributed by atoms with E-state index < -0.39 is 0 Å². The van der Waals surface area contributed by atoms with Gasteiger partial charge in [-0.2, -0.15) is 0 Å². The summed E-state index contributed by atoms with van der Waals surface area (Å²) in [5.41, 5.74) is 0.631. The molecule has 2 rings (SSSR count). The summed E-state index contributed by atoms with van der Waals surface area (Å²) in [5.74, 6) is 0.122. The van der Waals surface area contributed by atoms with Gasteiger partial charge in [0.1, 0.15) is 0 Å². The lowest BCUT2D eigenvalue weighted by atomic mass is 10.0. The average molecular weight is 267 g/mol. The van der Waals surface area contributed by atoms with Gasteiger partial charge >= 0.3 is 0 Å². The molecule has 0 spiro atoms. The van der Waals surface area contributed by atoms with Crippen molar-refractivity contribution in [3.05, 3.63) is 34.9 Å². The Morgan fingerprint density at radius 3 is 2.72 bits per heavy atom. The van der Waals surface area contributed by atoms with Crippen LogP contribution < -0.4 is 0 Å². The third kappa shape index (κ3) is 2.91. The van der Waals surface area contributed by atoms with E-state index in [1.165, 1.54) is 0 Å². The summed E-state index contributed by atoms with van der Waals surface area (Å²) >= 11 is 6.11. The summed E-state index contributed by atoms with van der Waals surface area (Å²) in [6, 6.07) is 7.19. The first-order valence-corrected chi connectivity index (χ1v) is 6.65. The summed E-state index contributed by atoms with van der Waals surface area (Å²) in [6.45, 7) is 2.75. The first-order chi connectivity index (χ1) is 8.59. The van der Waals surface area contributed by atoms with Gasteiger partial charge in [0.2, 0.25) is 0 Å². The van der Waals surface area contributed by atoms with Gasteiger partial charge < -0.3 is 4.90 Å². The Labute approximate surface area is 113 Å². The van der Waals surface area contributed by atoms with Crippen molar-refractivity contribution in [2.75, 3.05) is 33.7 Å². The summed E-state index contributed by atoms with van der Waals surface area (Å²) in [5, 5.41) is 0.544. The molecule has 1 aromatic carbocycles. The molecule has 98 valence electrons. The third-order valence-corrected chi connectivity index (χ3v) is 3.84. The van der Waals surface area contributed by atoms with E-state index in [9.17, 15) is 4.79 Å². The van der Waals surface area contributed by atoms with Crippen molar-refractivity contribution in [2.45, 2.75) is 12.5 Å². The number of Topliss-reactive ketones (excluding diaryl/α,β-unsaturated/α-hetero) is 1. The second-order valence-electron chi connectivity index (χ2n) is 4.96. The van der Waals surface area contributed by atoms with Crippen molar-refractivity contribution in [3.8, 4) is 0 Å². The second-order valence-corrected chi connectivity index (χ2v) is 5.36. The molecule has 1 unspecified atom stereocenters. The first kappa shape index (κ1) is 13.5. The summed E-state index contributed by atoms with van der Waals surface area (Å²) in [4.78, 5) is 16.9. The Balaban J connectivity index is 2.23. The summed E-state index contributed by atoms with van der Waals surface area (Å²) in [6.07, 6.45) is 1.10. The number of benzene rings is 1. The van der Waals surface area contributed by atoms with Crippen LogP contribution in [0.1, 0.15) is 16.8 Å². The first-order valence-electron chi connectivity index (χ1n) is 6.27. The molecule has 0 amide bonds. The SMILES string of the molecule is CN1CCCN(C)C(C(=O)c2ccccc2Cl)C1. The number of hydrogen-bond donors (Lipinski definition) is 0. The van der Waals surface area contributed by atoms with E-state index in [1.807, 2.05) is 25.2 Å². The molecule has 1 fully saturated rings. The number of rotatable bonds is 2. The molecular weight excluding hydrogens is 248 g/mol. The van der Waals surface area contributed by atoms with Crippen LogP contribution in [0, 0.1) is 0 Å². The van der Waals surface area contributed by atoms with Crippen LogP contribution in [0.5, 0.6) is 0 Å². The van der Waals surface area contributed by atoms with Gasteiger partial charge in [0.05, 0.1) is 11.1 Å². The van der Waals surface area contributed by atoms with Gasteiger partial charge in [-0.25, -0.2) is 0 Å². The number of carbonyl (C=O) groups is 1. The fourth-order valence-electron chi connectivity index (χ4n) is 2.40. The molecule has 1 aromatic rings. The molecule has 3 nitrogen and oxygen atoms in total. The largest absolute Gasteiger partial charge is 0.304 e. The van der Waals surface area contributed by atoms with Crippen LogP contribution in [0.25, 0.3) is 0 Å². The minimum Gasteiger partial charge on any atom is -0.304 e. The number of hydrogen-bond acceptors (Lipinski definition) is 3. The molecule has 0 aromatic heterocycles. The predicted molar refractivity (Wildman–Crippen MR) is 74.3 cm³/mol. The highest BCUT2D eigenvalue weighted by Gasteiger charge is 2.28. The van der Waals surface area contributed by atoms with Crippen molar-refractivity contribution >= 4 is 17.4 Å². The molecule has 1 aliphatic heterocycles. The Kier molecular flexibility index (Phi) is 4.38. The quantitative estimate of drug-likeness (QED) is 0.767. The van der Waals surface area contributed by atoms with Crippen LogP contribution in [-0.2, 0) is 0 Å². The Bertz CT molecular complexity index is 436. The van der Waals surface area contributed by atoms with Crippen LogP contribution in [0.15, 0.2) is 24.3 Å². The van der Waals surface area contributed by atoms with Gasteiger partial charge in [0, 0.05) is 12.1 Å². The monoisotopic (exact) mass is 266 g/mol. The molecule has 18 heavy (non-hydrogen) atoms. The van der Waals surface area contributed by atoms with Crippen LogP contribution in [0.4, 0.5) is 0 Å². The van der Waals surface area contributed by atoms with Gasteiger partial charge in [0.25, 0.3) is 0 Å². The summed E-state index contributed by atoms with van der Waals surface area (Å²) in [7, 11) is 4.07. The van der Waals surface area contributed by atoms with Crippen molar-refractivity contribution in [2.24, 2.45) is 0 Å². The lowest BCUT2D eigenvalue weighted by Gasteiger charge is -2.26. The maximum Gasteiger partial charge on any atom is 0.182 e. The summed E-state index contributed by atoms with van der Waals surface area (Å²) < 4.78 is 0. The zero-order valence-electron chi connectivity index (χ0n) is 10.9. The fraction of sp³-hybridized carbons (Fsp3) is 0.500. The number of carbonyl (C=O) groups excluding carboxylic acids is 1. The van der Waals surface area contributed by atoms with Crippen LogP contribution in [0.2, 0.25) is 5.02 Å². The number of halogens is 1. The molecule has 1 aliphatic rings. The van der Waals surface area contributed by atoms with Gasteiger partial charge in [-0.05, 0) is 45.7 Å². The van der Waals surface area contributed by atoms with Crippen molar-refractivity contribution in [1.29, 1.82) is 0 Å². The molecular formula is C14H19ClN2O. The zero-order chi connectivity index (χ0) is 13.1. The van der Waals surface area contributed by atoms with Crippen LogP contribution in [-0.4, -0.2) is 55.4 Å². The molecule has 1 atom stereocenters. The van der Waals surface area contributed by atoms with Gasteiger partial charge in [-0.3, -0.25) is 9.69 Å².